The first-order valence-electron chi connectivity index (χ1n) is 7.85. The number of phenolic OH excluding ortho intramolecular Hbond substituents is 1. The Balaban J connectivity index is 2.15. The van der Waals surface area contributed by atoms with Crippen molar-refractivity contribution < 1.29 is 38.5 Å². The molecule has 0 radical (unpaired) electrons. The van der Waals surface area contributed by atoms with Gasteiger partial charge in [0.05, 0.1) is 19.8 Å². The Morgan fingerprint density at radius 1 is 1.04 bits per heavy atom. The van der Waals surface area contributed by atoms with E-state index in [4.69, 9.17) is 4.74 Å². The van der Waals surface area contributed by atoms with Crippen LogP contribution in [0.3, 0.4) is 0 Å². The molecule has 0 spiro atoms. The summed E-state index contributed by atoms with van der Waals surface area (Å²) in [6.07, 6.45) is 0. The van der Waals surface area contributed by atoms with Gasteiger partial charge in [-0.1, -0.05) is 12.1 Å². The van der Waals surface area contributed by atoms with Crippen LogP contribution in [0.25, 0.3) is 0 Å². The molecule has 1 amide bonds. The van der Waals surface area contributed by atoms with Crippen LogP contribution in [0, 0.1) is 6.92 Å². The van der Waals surface area contributed by atoms with Crippen LogP contribution in [0.1, 0.15) is 36.0 Å². The number of phenols is 1. The molecule has 0 atom stereocenters. The van der Waals surface area contributed by atoms with E-state index < -0.39 is 30.4 Å². The van der Waals surface area contributed by atoms with Crippen LogP contribution in [-0.2, 0) is 19.0 Å². The lowest BCUT2D eigenvalue weighted by Crippen LogP contribution is -2.21. The number of nitrogens with one attached hydrogen (secondary N) is 1. The average Bonchev–Trinajstić information content (AvgIpc) is 3.01. The molecule has 0 unspecified atom stereocenters. The zero-order valence-electron chi connectivity index (χ0n) is 15.2. The van der Waals surface area contributed by atoms with Gasteiger partial charge in [0, 0.05) is 0 Å². The number of hydrogen-bond donors (Lipinski definition) is 2. The van der Waals surface area contributed by atoms with Gasteiger partial charge >= 0.3 is 17.9 Å². The highest BCUT2D eigenvalue weighted by atomic mass is 32.1. The number of thiophene rings is 1. The van der Waals surface area contributed by atoms with E-state index in [9.17, 15) is 24.3 Å². The first-order valence-corrected chi connectivity index (χ1v) is 8.66. The van der Waals surface area contributed by atoms with Crippen molar-refractivity contribution in [1.29, 1.82) is 0 Å². The molecule has 28 heavy (non-hydrogen) atoms. The zero-order valence-corrected chi connectivity index (χ0v) is 16.0. The number of hydrogen-bond acceptors (Lipinski definition) is 9. The molecule has 1 aromatic heterocycles. The summed E-state index contributed by atoms with van der Waals surface area (Å²) < 4.78 is 14.2. The van der Waals surface area contributed by atoms with Gasteiger partial charge in [-0.2, -0.15) is 0 Å². The van der Waals surface area contributed by atoms with Crippen LogP contribution < -0.4 is 5.32 Å². The van der Waals surface area contributed by atoms with Gasteiger partial charge in [0.15, 0.2) is 6.61 Å². The fraction of sp³-hybridized carbons (Fsp3) is 0.222. The molecular weight excluding hydrogens is 390 g/mol. The second kappa shape index (κ2) is 9.00. The molecule has 9 nitrogen and oxygen atoms in total. The predicted molar refractivity (Wildman–Crippen MR) is 98.8 cm³/mol. The third-order valence-electron chi connectivity index (χ3n) is 3.62. The Hall–Kier alpha value is -3.40. The van der Waals surface area contributed by atoms with Crippen molar-refractivity contribution in [2.45, 2.75) is 6.92 Å². The average molecular weight is 407 g/mol. The third-order valence-corrected chi connectivity index (χ3v) is 4.81. The lowest BCUT2D eigenvalue weighted by atomic mass is 10.1. The van der Waals surface area contributed by atoms with Gasteiger partial charge in [-0.25, -0.2) is 14.4 Å². The van der Waals surface area contributed by atoms with Gasteiger partial charge in [0.25, 0.3) is 5.91 Å². The highest BCUT2D eigenvalue weighted by Gasteiger charge is 2.27. The number of carbonyl (C=O) groups excluding carboxylic acids is 4. The maximum absolute atomic E-state index is 12.1. The molecule has 0 saturated heterocycles. The Bertz CT molecular complexity index is 934. The number of carbonyl (C=O) groups is 4. The molecule has 1 heterocycles. The number of para-hydroxylation sites is 1. The van der Waals surface area contributed by atoms with Gasteiger partial charge in [0.2, 0.25) is 0 Å². The molecule has 2 rings (SSSR count). The summed E-state index contributed by atoms with van der Waals surface area (Å²) in [4.78, 5) is 48.1. The van der Waals surface area contributed by atoms with Gasteiger partial charge in [-0.05, 0) is 24.6 Å². The topological polar surface area (TPSA) is 128 Å². The monoisotopic (exact) mass is 407 g/mol. The summed E-state index contributed by atoms with van der Waals surface area (Å²) in [6, 6.07) is 5.71. The molecule has 0 saturated carbocycles. The van der Waals surface area contributed by atoms with Gasteiger partial charge in [-0.15, -0.1) is 11.3 Å². The summed E-state index contributed by atoms with van der Waals surface area (Å²) in [6.45, 7) is 0.848. The zero-order chi connectivity index (χ0) is 20.8. The van der Waals surface area contributed by atoms with E-state index in [2.05, 4.69) is 14.8 Å². The molecule has 0 fully saturated rings. The second-order valence-electron chi connectivity index (χ2n) is 5.38. The number of aromatic hydroxyl groups is 1. The van der Waals surface area contributed by atoms with Gasteiger partial charge < -0.3 is 24.6 Å². The summed E-state index contributed by atoms with van der Waals surface area (Å²) in [5, 5.41) is 12.1. The van der Waals surface area contributed by atoms with Crippen molar-refractivity contribution in [3.05, 3.63) is 45.8 Å². The minimum atomic E-state index is -0.890. The van der Waals surface area contributed by atoms with Crippen molar-refractivity contribution in [2.24, 2.45) is 0 Å². The van der Waals surface area contributed by atoms with E-state index in [-0.39, 0.29) is 26.8 Å². The molecule has 148 valence electrons. The summed E-state index contributed by atoms with van der Waals surface area (Å²) in [7, 11) is 2.35. The first-order chi connectivity index (χ1) is 13.3. The number of amides is 1. The smallest absolute Gasteiger partial charge is 0.348 e. The van der Waals surface area contributed by atoms with Crippen molar-refractivity contribution in [1.82, 2.24) is 0 Å². The SMILES string of the molecule is COC(=O)c1sc(NC(=O)COC(=O)c2ccccc2O)c(C(=O)OC)c1C. The minimum absolute atomic E-state index is 0.00767. The molecule has 1 aromatic carbocycles. The van der Waals surface area contributed by atoms with Crippen molar-refractivity contribution in [3.8, 4) is 5.75 Å². The molecule has 2 aromatic rings. The van der Waals surface area contributed by atoms with E-state index in [0.29, 0.717) is 5.56 Å². The van der Waals surface area contributed by atoms with Gasteiger partial charge in [0.1, 0.15) is 21.2 Å². The number of ether oxygens (including phenoxy) is 3. The Morgan fingerprint density at radius 2 is 1.68 bits per heavy atom. The summed E-state index contributed by atoms with van der Waals surface area (Å²) in [5.41, 5.74) is 0.212. The van der Waals surface area contributed by atoms with Crippen LogP contribution in [0.5, 0.6) is 5.75 Å². The second-order valence-corrected chi connectivity index (χ2v) is 6.41. The molecule has 0 aliphatic carbocycles. The van der Waals surface area contributed by atoms with E-state index in [1.807, 2.05) is 0 Å². The predicted octanol–water partition coefficient (Wildman–Crippen LogP) is 2.13. The molecule has 2 N–H and O–H groups in total. The standard InChI is InChI=1S/C18H17NO8S/c1-9-13(17(23)25-2)15(28-14(9)18(24)26-3)19-12(21)8-27-16(22)10-6-4-5-7-11(10)20/h4-7,20H,8H2,1-3H3,(H,19,21). The molecule has 10 heteroatoms. The summed E-state index contributed by atoms with van der Waals surface area (Å²) >= 11 is 0.836. The van der Waals surface area contributed by atoms with Crippen molar-refractivity contribution in [3.63, 3.8) is 0 Å². The third kappa shape index (κ3) is 4.46. The fourth-order valence-electron chi connectivity index (χ4n) is 2.25. The maximum atomic E-state index is 12.1. The number of rotatable bonds is 6. The lowest BCUT2D eigenvalue weighted by Gasteiger charge is -2.08. The lowest BCUT2D eigenvalue weighted by molar-refractivity contribution is -0.119. The summed E-state index contributed by atoms with van der Waals surface area (Å²) in [5.74, 6) is -3.33. The van der Waals surface area contributed by atoms with Crippen molar-refractivity contribution >= 4 is 40.2 Å². The Morgan fingerprint density at radius 3 is 2.29 bits per heavy atom. The molecule has 0 aliphatic rings. The Kier molecular flexibility index (Phi) is 6.72. The van der Waals surface area contributed by atoms with Crippen LogP contribution >= 0.6 is 11.3 Å². The van der Waals surface area contributed by atoms with Crippen LogP contribution in [-0.4, -0.2) is 49.7 Å². The quantitative estimate of drug-likeness (QED) is 0.550. The van der Waals surface area contributed by atoms with Crippen LogP contribution in [0.15, 0.2) is 24.3 Å². The normalized spacial score (nSPS) is 10.1. The maximum Gasteiger partial charge on any atom is 0.348 e. The molecule has 0 aliphatic heterocycles. The Labute approximate surface area is 163 Å². The van der Waals surface area contributed by atoms with E-state index in [0.717, 1.165) is 18.4 Å². The number of esters is 3. The number of benzene rings is 1. The number of anilines is 1. The number of methoxy groups -OCH3 is 2. The minimum Gasteiger partial charge on any atom is -0.507 e. The molecule has 0 bridgehead atoms. The van der Waals surface area contributed by atoms with Crippen molar-refractivity contribution in [2.75, 3.05) is 26.1 Å². The van der Waals surface area contributed by atoms with Crippen LogP contribution in [0.4, 0.5) is 5.00 Å². The van der Waals surface area contributed by atoms with E-state index in [1.165, 1.54) is 38.3 Å². The first kappa shape index (κ1) is 20.9. The highest BCUT2D eigenvalue weighted by Crippen LogP contribution is 2.34. The van der Waals surface area contributed by atoms with Crippen LogP contribution in [0.2, 0.25) is 0 Å². The highest BCUT2D eigenvalue weighted by molar-refractivity contribution is 7.18. The fourth-order valence-corrected chi connectivity index (χ4v) is 3.38. The van der Waals surface area contributed by atoms with E-state index >= 15 is 0 Å². The van der Waals surface area contributed by atoms with Gasteiger partial charge in [-0.3, -0.25) is 4.79 Å². The van der Waals surface area contributed by atoms with E-state index in [1.54, 1.807) is 0 Å². The molecular formula is C18H17NO8S. The largest absolute Gasteiger partial charge is 0.507 e.